The van der Waals surface area contributed by atoms with Crippen molar-refractivity contribution in [3.8, 4) is 0 Å². The summed E-state index contributed by atoms with van der Waals surface area (Å²) in [7, 11) is 0. The largest absolute Gasteiger partial charge is 0.462 e. The molecule has 1 atom stereocenters. The Morgan fingerprint density at radius 1 is 1.70 bits per heavy atom. The third kappa shape index (κ3) is 2.30. The fraction of sp³-hybridized carbons (Fsp3) is 0.800. The summed E-state index contributed by atoms with van der Waals surface area (Å²) in [6, 6.07) is 0. The molecule has 0 heterocycles. The van der Waals surface area contributed by atoms with Gasteiger partial charge in [-0.05, 0) is 6.92 Å². The fourth-order valence-electron chi connectivity index (χ4n) is 0.302. The standard InChI is InChI=1S/C5H10O5/c1-3-9-4(6)5(2,7)10-8/h7-8H,3H2,1-2H3. The lowest BCUT2D eigenvalue weighted by atomic mass is 10.3. The van der Waals surface area contributed by atoms with Crippen LogP contribution in [0.3, 0.4) is 0 Å². The Balaban J connectivity index is 3.91. The maximum atomic E-state index is 10.5. The number of carbonyl (C=O) groups excluding carboxylic acids is 1. The van der Waals surface area contributed by atoms with Crippen LogP contribution >= 0.6 is 0 Å². The van der Waals surface area contributed by atoms with E-state index in [1.807, 2.05) is 0 Å². The molecule has 5 heteroatoms. The first-order chi connectivity index (χ1) is 4.54. The first-order valence-corrected chi connectivity index (χ1v) is 2.76. The molecule has 0 fully saturated rings. The molecule has 0 aromatic rings. The number of hydrogen-bond donors (Lipinski definition) is 2. The van der Waals surface area contributed by atoms with Crippen molar-refractivity contribution in [1.29, 1.82) is 0 Å². The molecule has 0 saturated carbocycles. The number of carbonyl (C=O) groups is 1. The van der Waals surface area contributed by atoms with Crippen LogP contribution < -0.4 is 0 Å². The molecular formula is C5H10O5. The van der Waals surface area contributed by atoms with Gasteiger partial charge in [-0.2, -0.15) is 4.89 Å². The van der Waals surface area contributed by atoms with E-state index in [0.717, 1.165) is 6.92 Å². The summed E-state index contributed by atoms with van der Waals surface area (Å²) in [5.41, 5.74) is 0. The first kappa shape index (κ1) is 9.35. The van der Waals surface area contributed by atoms with Crippen LogP contribution in [0.15, 0.2) is 0 Å². The number of aliphatic hydroxyl groups is 1. The Morgan fingerprint density at radius 2 is 2.20 bits per heavy atom. The summed E-state index contributed by atoms with van der Waals surface area (Å²) < 4.78 is 4.32. The summed E-state index contributed by atoms with van der Waals surface area (Å²) in [5.74, 6) is -3.27. The van der Waals surface area contributed by atoms with Crippen LogP contribution in [0.4, 0.5) is 0 Å². The predicted molar refractivity (Wildman–Crippen MR) is 31.0 cm³/mol. The highest BCUT2D eigenvalue weighted by molar-refractivity contribution is 5.76. The summed E-state index contributed by atoms with van der Waals surface area (Å²) in [5, 5.41) is 16.7. The molecule has 0 aromatic heterocycles. The van der Waals surface area contributed by atoms with Gasteiger partial charge in [0.25, 0.3) is 5.79 Å². The topological polar surface area (TPSA) is 76.0 Å². The molecule has 0 aliphatic carbocycles. The molecule has 0 rings (SSSR count). The zero-order valence-electron chi connectivity index (χ0n) is 5.83. The zero-order valence-corrected chi connectivity index (χ0v) is 5.83. The molecule has 0 aromatic carbocycles. The van der Waals surface area contributed by atoms with Crippen molar-refractivity contribution in [3.05, 3.63) is 0 Å². The number of esters is 1. The van der Waals surface area contributed by atoms with E-state index in [0.29, 0.717) is 0 Å². The van der Waals surface area contributed by atoms with Gasteiger partial charge in [0, 0.05) is 6.92 Å². The molecular weight excluding hydrogens is 140 g/mol. The second-order valence-electron chi connectivity index (χ2n) is 1.79. The molecule has 0 saturated heterocycles. The minimum absolute atomic E-state index is 0.123. The molecule has 1 unspecified atom stereocenters. The minimum Gasteiger partial charge on any atom is -0.462 e. The van der Waals surface area contributed by atoms with Crippen molar-refractivity contribution in [2.45, 2.75) is 19.6 Å². The van der Waals surface area contributed by atoms with Crippen molar-refractivity contribution in [2.75, 3.05) is 6.61 Å². The Labute approximate surface area is 58.1 Å². The van der Waals surface area contributed by atoms with Crippen molar-refractivity contribution >= 4 is 5.97 Å². The van der Waals surface area contributed by atoms with E-state index < -0.39 is 11.8 Å². The van der Waals surface area contributed by atoms with Crippen molar-refractivity contribution in [3.63, 3.8) is 0 Å². The van der Waals surface area contributed by atoms with Gasteiger partial charge in [0.05, 0.1) is 6.61 Å². The highest BCUT2D eigenvalue weighted by Gasteiger charge is 2.33. The van der Waals surface area contributed by atoms with Crippen molar-refractivity contribution in [2.24, 2.45) is 0 Å². The lowest BCUT2D eigenvalue weighted by Gasteiger charge is -2.15. The fourth-order valence-corrected chi connectivity index (χ4v) is 0.302. The van der Waals surface area contributed by atoms with Crippen LogP contribution in [0.2, 0.25) is 0 Å². The lowest BCUT2D eigenvalue weighted by molar-refractivity contribution is -0.373. The minimum atomic E-state index is -2.25. The summed E-state index contributed by atoms with van der Waals surface area (Å²) in [6.07, 6.45) is 0. The van der Waals surface area contributed by atoms with E-state index in [2.05, 4.69) is 9.62 Å². The van der Waals surface area contributed by atoms with Crippen LogP contribution in [0.25, 0.3) is 0 Å². The molecule has 0 spiro atoms. The predicted octanol–water partition coefficient (Wildman–Crippen LogP) is -0.252. The number of rotatable bonds is 3. The Bertz CT molecular complexity index is 119. The van der Waals surface area contributed by atoms with E-state index >= 15 is 0 Å². The molecule has 0 bridgehead atoms. The number of ether oxygens (including phenoxy) is 1. The van der Waals surface area contributed by atoms with E-state index in [4.69, 9.17) is 10.4 Å². The quantitative estimate of drug-likeness (QED) is 0.251. The van der Waals surface area contributed by atoms with Gasteiger partial charge in [0.15, 0.2) is 0 Å². The molecule has 0 amide bonds. The van der Waals surface area contributed by atoms with Crippen molar-refractivity contribution in [1.82, 2.24) is 0 Å². The van der Waals surface area contributed by atoms with Crippen molar-refractivity contribution < 1.29 is 24.8 Å². The van der Waals surface area contributed by atoms with Crippen LogP contribution in [-0.2, 0) is 14.4 Å². The maximum Gasteiger partial charge on any atom is 0.369 e. The molecule has 10 heavy (non-hydrogen) atoms. The Hall–Kier alpha value is -0.650. The molecule has 0 radical (unpaired) electrons. The van der Waals surface area contributed by atoms with Gasteiger partial charge in [-0.1, -0.05) is 0 Å². The van der Waals surface area contributed by atoms with Gasteiger partial charge in [-0.3, -0.25) is 0 Å². The van der Waals surface area contributed by atoms with Crippen LogP contribution in [-0.4, -0.2) is 28.7 Å². The molecule has 60 valence electrons. The van der Waals surface area contributed by atoms with E-state index in [1.165, 1.54) is 0 Å². The van der Waals surface area contributed by atoms with Gasteiger partial charge in [-0.25, -0.2) is 10.1 Å². The average Bonchev–Trinajstić information content (AvgIpc) is 1.89. The second kappa shape index (κ2) is 3.50. The molecule has 2 N–H and O–H groups in total. The van der Waals surface area contributed by atoms with Crippen LogP contribution in [0.5, 0.6) is 0 Å². The normalized spacial score (nSPS) is 16.0. The van der Waals surface area contributed by atoms with Crippen LogP contribution in [0, 0.1) is 0 Å². The van der Waals surface area contributed by atoms with Gasteiger partial charge in [-0.15, -0.1) is 0 Å². The summed E-state index contributed by atoms with van der Waals surface area (Å²) in [4.78, 5) is 14.0. The zero-order chi connectivity index (χ0) is 8.20. The molecule has 5 nitrogen and oxygen atoms in total. The highest BCUT2D eigenvalue weighted by Crippen LogP contribution is 2.05. The van der Waals surface area contributed by atoms with Gasteiger partial charge in [0.2, 0.25) is 0 Å². The maximum absolute atomic E-state index is 10.5. The monoisotopic (exact) mass is 150 g/mol. The SMILES string of the molecule is CCOC(=O)C(C)(O)OO. The first-order valence-electron chi connectivity index (χ1n) is 2.76. The summed E-state index contributed by atoms with van der Waals surface area (Å²) >= 11 is 0. The van der Waals surface area contributed by atoms with E-state index in [1.54, 1.807) is 6.92 Å². The Morgan fingerprint density at radius 3 is 2.50 bits per heavy atom. The summed E-state index contributed by atoms with van der Waals surface area (Å²) in [6.45, 7) is 2.68. The van der Waals surface area contributed by atoms with E-state index in [-0.39, 0.29) is 6.61 Å². The molecule has 0 aliphatic rings. The van der Waals surface area contributed by atoms with Crippen LogP contribution in [0.1, 0.15) is 13.8 Å². The smallest absolute Gasteiger partial charge is 0.369 e. The third-order valence-corrected chi connectivity index (χ3v) is 0.832. The lowest BCUT2D eigenvalue weighted by Crippen LogP contribution is -2.38. The molecule has 0 aliphatic heterocycles. The second-order valence-corrected chi connectivity index (χ2v) is 1.79. The van der Waals surface area contributed by atoms with Gasteiger partial charge < -0.3 is 9.84 Å². The van der Waals surface area contributed by atoms with Gasteiger partial charge in [0.1, 0.15) is 0 Å². The van der Waals surface area contributed by atoms with Gasteiger partial charge >= 0.3 is 5.97 Å². The van der Waals surface area contributed by atoms with E-state index in [9.17, 15) is 4.79 Å². The Kier molecular flexibility index (Phi) is 3.27. The highest BCUT2D eigenvalue weighted by atomic mass is 17.1. The average molecular weight is 150 g/mol. The number of hydrogen-bond acceptors (Lipinski definition) is 5. The third-order valence-electron chi connectivity index (χ3n) is 0.832.